The van der Waals surface area contributed by atoms with E-state index in [2.05, 4.69) is 10.6 Å². The normalized spacial score (nSPS) is 10.9. The number of carbonyl (C=O) groups is 2. The van der Waals surface area contributed by atoms with Crippen molar-refractivity contribution in [2.24, 2.45) is 5.41 Å². The molecule has 0 heterocycles. The van der Waals surface area contributed by atoms with Crippen LogP contribution in [-0.2, 0) is 16.0 Å². The topological polar surface area (TPSA) is 58.2 Å². The van der Waals surface area contributed by atoms with Gasteiger partial charge in [0.15, 0.2) is 0 Å². The molecule has 0 atom stereocenters. The maximum absolute atomic E-state index is 11.6. The third-order valence-corrected chi connectivity index (χ3v) is 2.90. The number of nitrogens with one attached hydrogen (secondary N) is 2. The van der Waals surface area contributed by atoms with Gasteiger partial charge in [0.1, 0.15) is 0 Å². The van der Waals surface area contributed by atoms with Gasteiger partial charge < -0.3 is 10.6 Å². The van der Waals surface area contributed by atoms with Crippen LogP contribution >= 0.6 is 0 Å². The van der Waals surface area contributed by atoms with E-state index in [1.807, 2.05) is 51.1 Å². The van der Waals surface area contributed by atoms with Crippen molar-refractivity contribution in [2.45, 2.75) is 33.6 Å². The second kappa shape index (κ2) is 7.68. The van der Waals surface area contributed by atoms with Crippen molar-refractivity contribution in [3.8, 4) is 0 Å². The number of hydrogen-bond donors (Lipinski definition) is 2. The first-order chi connectivity index (χ1) is 9.39. The first-order valence-corrected chi connectivity index (χ1v) is 6.98. The van der Waals surface area contributed by atoms with Gasteiger partial charge in [0.2, 0.25) is 11.8 Å². The predicted molar refractivity (Wildman–Crippen MR) is 80.2 cm³/mol. The van der Waals surface area contributed by atoms with Gasteiger partial charge in [0, 0.05) is 24.9 Å². The molecular weight excluding hydrogens is 252 g/mol. The molecule has 1 rings (SSSR count). The standard InChI is InChI=1S/C16H24N2O2/c1-16(2,3)15(20)18-12-11-17-14(19)10-9-13-7-5-4-6-8-13/h4-8H,9-12H2,1-3H3,(H,17,19)(H,18,20). The van der Waals surface area contributed by atoms with Crippen LogP contribution in [0.15, 0.2) is 30.3 Å². The van der Waals surface area contributed by atoms with Gasteiger partial charge in [0.25, 0.3) is 0 Å². The minimum atomic E-state index is -0.392. The maximum atomic E-state index is 11.6. The quantitative estimate of drug-likeness (QED) is 0.780. The van der Waals surface area contributed by atoms with Crippen molar-refractivity contribution >= 4 is 11.8 Å². The van der Waals surface area contributed by atoms with Crippen LogP contribution in [0.5, 0.6) is 0 Å². The summed E-state index contributed by atoms with van der Waals surface area (Å²) in [4.78, 5) is 23.2. The van der Waals surface area contributed by atoms with E-state index in [0.717, 1.165) is 12.0 Å². The van der Waals surface area contributed by atoms with E-state index in [1.165, 1.54) is 0 Å². The lowest BCUT2D eigenvalue weighted by molar-refractivity contribution is -0.128. The van der Waals surface area contributed by atoms with Crippen LogP contribution in [0.4, 0.5) is 0 Å². The molecule has 0 aromatic heterocycles. The highest BCUT2D eigenvalue weighted by atomic mass is 16.2. The average Bonchev–Trinajstić information content (AvgIpc) is 2.41. The average molecular weight is 276 g/mol. The first-order valence-electron chi connectivity index (χ1n) is 6.98. The Morgan fingerprint density at radius 2 is 1.60 bits per heavy atom. The van der Waals surface area contributed by atoms with Crippen LogP contribution < -0.4 is 10.6 Å². The zero-order chi connectivity index (χ0) is 15.0. The summed E-state index contributed by atoms with van der Waals surface area (Å²) in [7, 11) is 0. The summed E-state index contributed by atoms with van der Waals surface area (Å²) >= 11 is 0. The number of rotatable bonds is 6. The van der Waals surface area contributed by atoms with Gasteiger partial charge >= 0.3 is 0 Å². The molecule has 1 aromatic carbocycles. The molecule has 2 amide bonds. The summed E-state index contributed by atoms with van der Waals surface area (Å²) in [6.07, 6.45) is 1.21. The molecule has 0 radical (unpaired) electrons. The van der Waals surface area contributed by atoms with E-state index in [-0.39, 0.29) is 11.8 Å². The van der Waals surface area contributed by atoms with Crippen LogP contribution in [0, 0.1) is 5.41 Å². The second-order valence-electron chi connectivity index (χ2n) is 5.84. The predicted octanol–water partition coefficient (Wildman–Crippen LogP) is 1.90. The monoisotopic (exact) mass is 276 g/mol. The van der Waals surface area contributed by atoms with Gasteiger partial charge in [-0.2, -0.15) is 0 Å². The van der Waals surface area contributed by atoms with Crippen molar-refractivity contribution in [2.75, 3.05) is 13.1 Å². The van der Waals surface area contributed by atoms with Gasteiger partial charge in [-0.1, -0.05) is 51.1 Å². The molecule has 0 saturated carbocycles. The van der Waals surface area contributed by atoms with E-state index in [1.54, 1.807) is 0 Å². The fraction of sp³-hybridized carbons (Fsp3) is 0.500. The summed E-state index contributed by atoms with van der Waals surface area (Å²) in [5.41, 5.74) is 0.765. The molecular formula is C16H24N2O2. The van der Waals surface area contributed by atoms with E-state index in [0.29, 0.717) is 19.5 Å². The molecule has 0 saturated heterocycles. The molecule has 0 aliphatic carbocycles. The smallest absolute Gasteiger partial charge is 0.225 e. The van der Waals surface area contributed by atoms with Crippen LogP contribution in [0.1, 0.15) is 32.8 Å². The van der Waals surface area contributed by atoms with Crippen molar-refractivity contribution in [1.82, 2.24) is 10.6 Å². The molecule has 4 nitrogen and oxygen atoms in total. The molecule has 1 aromatic rings. The number of hydrogen-bond acceptors (Lipinski definition) is 2. The third kappa shape index (κ3) is 6.36. The molecule has 0 aliphatic heterocycles. The molecule has 20 heavy (non-hydrogen) atoms. The summed E-state index contributed by atoms with van der Waals surface area (Å²) in [6.45, 7) is 6.52. The Labute approximate surface area is 121 Å². The van der Waals surface area contributed by atoms with Gasteiger partial charge in [-0.05, 0) is 12.0 Å². The Morgan fingerprint density at radius 3 is 2.20 bits per heavy atom. The minimum absolute atomic E-state index is 0.00367. The van der Waals surface area contributed by atoms with E-state index >= 15 is 0 Å². The Kier molecular flexibility index (Phi) is 6.22. The summed E-state index contributed by atoms with van der Waals surface area (Å²) in [6, 6.07) is 9.92. The SMILES string of the molecule is CC(C)(C)C(=O)NCCNC(=O)CCc1ccccc1. The van der Waals surface area contributed by atoms with E-state index in [4.69, 9.17) is 0 Å². The highest BCUT2D eigenvalue weighted by Gasteiger charge is 2.20. The molecule has 2 N–H and O–H groups in total. The maximum Gasteiger partial charge on any atom is 0.225 e. The first kappa shape index (κ1) is 16.2. The number of amides is 2. The Balaban J connectivity index is 2.13. The Morgan fingerprint density at radius 1 is 1.00 bits per heavy atom. The van der Waals surface area contributed by atoms with Crippen molar-refractivity contribution in [3.05, 3.63) is 35.9 Å². The van der Waals surface area contributed by atoms with E-state index < -0.39 is 5.41 Å². The second-order valence-corrected chi connectivity index (χ2v) is 5.84. The van der Waals surface area contributed by atoms with Gasteiger partial charge in [-0.25, -0.2) is 0 Å². The molecule has 0 unspecified atom stereocenters. The number of aryl methyl sites for hydroxylation is 1. The Bertz CT molecular complexity index is 436. The summed E-state index contributed by atoms with van der Waals surface area (Å²) < 4.78 is 0. The zero-order valence-corrected chi connectivity index (χ0v) is 12.5. The summed E-state index contributed by atoms with van der Waals surface area (Å²) in [5.74, 6) is 0.00916. The zero-order valence-electron chi connectivity index (χ0n) is 12.5. The van der Waals surface area contributed by atoms with Gasteiger partial charge in [-0.3, -0.25) is 9.59 Å². The molecule has 4 heteroatoms. The molecule has 110 valence electrons. The van der Waals surface area contributed by atoms with Crippen LogP contribution in [-0.4, -0.2) is 24.9 Å². The third-order valence-electron chi connectivity index (χ3n) is 2.90. The summed E-state index contributed by atoms with van der Waals surface area (Å²) in [5, 5.41) is 5.60. The van der Waals surface area contributed by atoms with Crippen LogP contribution in [0.25, 0.3) is 0 Å². The molecule has 0 bridgehead atoms. The van der Waals surface area contributed by atoms with Crippen molar-refractivity contribution in [3.63, 3.8) is 0 Å². The largest absolute Gasteiger partial charge is 0.354 e. The van der Waals surface area contributed by atoms with Crippen molar-refractivity contribution < 1.29 is 9.59 Å². The number of benzene rings is 1. The minimum Gasteiger partial charge on any atom is -0.354 e. The molecule has 0 fully saturated rings. The fourth-order valence-electron chi connectivity index (χ4n) is 1.63. The highest BCUT2D eigenvalue weighted by molar-refractivity contribution is 5.81. The lowest BCUT2D eigenvalue weighted by atomic mass is 9.96. The lowest BCUT2D eigenvalue weighted by Gasteiger charge is -2.17. The Hall–Kier alpha value is -1.84. The van der Waals surface area contributed by atoms with Gasteiger partial charge in [0.05, 0.1) is 0 Å². The van der Waals surface area contributed by atoms with E-state index in [9.17, 15) is 9.59 Å². The highest BCUT2D eigenvalue weighted by Crippen LogP contribution is 2.11. The number of carbonyl (C=O) groups excluding carboxylic acids is 2. The van der Waals surface area contributed by atoms with Crippen molar-refractivity contribution in [1.29, 1.82) is 0 Å². The molecule has 0 spiro atoms. The van der Waals surface area contributed by atoms with Crippen LogP contribution in [0.3, 0.4) is 0 Å². The fourth-order valence-corrected chi connectivity index (χ4v) is 1.63. The lowest BCUT2D eigenvalue weighted by Crippen LogP contribution is -2.39. The van der Waals surface area contributed by atoms with Crippen LogP contribution in [0.2, 0.25) is 0 Å². The molecule has 0 aliphatic rings. The van der Waals surface area contributed by atoms with Gasteiger partial charge in [-0.15, -0.1) is 0 Å².